The van der Waals surface area contributed by atoms with Crippen LogP contribution in [0.25, 0.3) is 0 Å². The Morgan fingerprint density at radius 2 is 0.455 bits per heavy atom. The van der Waals surface area contributed by atoms with Crippen molar-refractivity contribution in [2.24, 2.45) is 0 Å². The van der Waals surface area contributed by atoms with Gasteiger partial charge < -0.3 is 38.4 Å². The van der Waals surface area contributed by atoms with E-state index in [1.165, 1.54) is 0 Å². The van der Waals surface area contributed by atoms with Crippen LogP contribution in [0, 0.1) is 0 Å². The van der Waals surface area contributed by atoms with Gasteiger partial charge in [0, 0.05) is 0 Å². The first kappa shape index (κ1) is 18.5. The van der Waals surface area contributed by atoms with Gasteiger partial charge in [0.05, 0.1) is 0 Å². The van der Waals surface area contributed by atoms with Crippen molar-refractivity contribution < 1.29 is 38.4 Å². The molecule has 0 unspecified atom stereocenters. The Morgan fingerprint density at radius 1 is 0.455 bits per heavy atom. The second-order valence-corrected chi connectivity index (χ2v) is 3.60. The molecule has 0 heterocycles. The van der Waals surface area contributed by atoms with Gasteiger partial charge in [-0.15, -0.1) is 0 Å². The minimum absolute atomic E-state index is 0. The quantitative estimate of drug-likeness (QED) is 0.191. The average Bonchev–Trinajstić information content (AvgIpc) is 1.12. The summed E-state index contributed by atoms with van der Waals surface area (Å²) in [7, 11) is -9.22. The Balaban J connectivity index is -0.000000107. The van der Waals surface area contributed by atoms with Crippen LogP contribution in [0.15, 0.2) is 0 Å². The molecule has 11 heavy (non-hydrogen) atoms. The molecule has 0 aliphatic carbocycles. The van der Waals surface area contributed by atoms with E-state index in [0.717, 1.165) is 0 Å². The molecule has 0 aliphatic heterocycles. The molecule has 0 rings (SSSR count). The van der Waals surface area contributed by atoms with E-state index in [1.54, 1.807) is 0 Å². The summed E-state index contributed by atoms with van der Waals surface area (Å²) in [5.74, 6) is 0. The third-order valence-electron chi connectivity index (χ3n) is 0. The summed E-state index contributed by atoms with van der Waals surface area (Å²) in [6.45, 7) is 0. The van der Waals surface area contributed by atoms with E-state index in [-0.39, 0.29) is 51.4 Å². The van der Waals surface area contributed by atoms with Gasteiger partial charge in [-0.1, -0.05) is 0 Å². The van der Waals surface area contributed by atoms with Crippen LogP contribution in [0.4, 0.5) is 0 Å². The summed E-state index contributed by atoms with van der Waals surface area (Å²) in [5.41, 5.74) is 0. The van der Waals surface area contributed by atoms with Gasteiger partial charge in [-0.25, -0.2) is 0 Å². The van der Waals surface area contributed by atoms with E-state index in [1.807, 2.05) is 0 Å². The van der Waals surface area contributed by atoms with Gasteiger partial charge in [0.25, 0.3) is 0 Å². The van der Waals surface area contributed by atoms with Gasteiger partial charge in [0.15, 0.2) is 0 Å². The molecule has 8 nitrogen and oxygen atoms in total. The predicted molar refractivity (Wildman–Crippen MR) is 36.4 cm³/mol. The van der Waals surface area contributed by atoms with Crippen molar-refractivity contribution in [2.75, 3.05) is 0 Å². The Hall–Kier alpha value is 1.75. The first-order chi connectivity index (χ1) is 4.00. The zero-order valence-electron chi connectivity index (χ0n) is 4.58. The van der Waals surface area contributed by atoms with Crippen molar-refractivity contribution in [3.05, 3.63) is 0 Å². The minimum atomic E-state index is -4.61. The van der Waals surface area contributed by atoms with Gasteiger partial charge in [-0.2, -0.15) is 0 Å². The van der Waals surface area contributed by atoms with Crippen LogP contribution in [-0.2, 0) is 0 Å². The Labute approximate surface area is 106 Å². The summed E-state index contributed by atoms with van der Waals surface area (Å²) >= 11 is 0. The van der Waals surface area contributed by atoms with Gasteiger partial charge in [-0.3, -0.25) is 0 Å². The van der Waals surface area contributed by atoms with E-state index in [9.17, 15) is 0 Å². The number of hydrogen-bond acceptors (Lipinski definition) is 8. The molecule has 0 spiro atoms. The third kappa shape index (κ3) is 365. The van der Waals surface area contributed by atoms with Gasteiger partial charge in [-0.05, 0) is 0 Å². The van der Waals surface area contributed by atoms with E-state index >= 15 is 0 Å². The summed E-state index contributed by atoms with van der Waals surface area (Å²) in [5, 5.41) is 0. The van der Waals surface area contributed by atoms with Crippen molar-refractivity contribution >= 4 is 69.5 Å². The molecule has 0 amide bonds. The van der Waals surface area contributed by atoms with Gasteiger partial charge >= 0.3 is 69.5 Å². The Morgan fingerprint density at radius 3 is 0.455 bits per heavy atom. The molecule has 0 atom stereocenters. The molecule has 0 aliphatic rings. The zero-order chi connectivity index (χ0) is 9.00. The second-order valence-electron chi connectivity index (χ2n) is 1.20. The number of hydrogen-bond donors (Lipinski definition) is 8. The molecule has 0 fully saturated rings. The summed E-state index contributed by atoms with van der Waals surface area (Å²) in [6, 6.07) is 0. The van der Waals surface area contributed by atoms with Crippen molar-refractivity contribution in [1.29, 1.82) is 0 Å². The molecule has 0 radical (unpaired) electrons. The fourth-order valence-electron chi connectivity index (χ4n) is 0. The van der Waals surface area contributed by atoms with Crippen LogP contribution in [-0.4, -0.2) is 108 Å². The monoisotopic (exact) mass is 232 g/mol. The maximum atomic E-state index is 7.33. The van der Waals surface area contributed by atoms with Crippen molar-refractivity contribution in [3.63, 3.8) is 0 Å². The van der Waals surface area contributed by atoms with E-state index in [2.05, 4.69) is 0 Å². The standard InChI is InChI=1S/K.2H4O4Si.H/c;2*1-5(2,3)4;/h;2*1-4H;. The second kappa shape index (κ2) is 7.18. The average molecular weight is 232 g/mol. The van der Waals surface area contributed by atoms with Crippen LogP contribution in [0.3, 0.4) is 0 Å². The molecule has 0 aromatic carbocycles. The van der Waals surface area contributed by atoms with Crippen LogP contribution >= 0.6 is 0 Å². The van der Waals surface area contributed by atoms with Gasteiger partial charge in [0.2, 0.25) is 0 Å². The number of rotatable bonds is 0. The molecule has 0 saturated carbocycles. The first-order valence-electron chi connectivity index (χ1n) is 1.79. The van der Waals surface area contributed by atoms with E-state index in [4.69, 9.17) is 38.4 Å². The molecule has 66 valence electrons. The molecule has 11 heteroatoms. The van der Waals surface area contributed by atoms with Crippen molar-refractivity contribution in [2.45, 2.75) is 0 Å². The fraction of sp³-hybridized carbons (Fsp3) is 0. The molecule has 0 bridgehead atoms. The molecule has 8 N–H and O–H groups in total. The first-order valence-corrected chi connectivity index (χ1v) is 5.37. The fourth-order valence-corrected chi connectivity index (χ4v) is 0. The van der Waals surface area contributed by atoms with E-state index < -0.39 is 18.1 Å². The van der Waals surface area contributed by atoms with Crippen molar-refractivity contribution in [3.8, 4) is 0 Å². The Kier molecular flexibility index (Phi) is 12.1. The normalized spacial score (nSPS) is 10.9. The van der Waals surface area contributed by atoms with Gasteiger partial charge in [0.1, 0.15) is 0 Å². The zero-order valence-corrected chi connectivity index (χ0v) is 6.58. The van der Waals surface area contributed by atoms with Crippen LogP contribution in [0.1, 0.15) is 0 Å². The Bertz CT molecular complexity index is 55.1. The molecule has 0 aromatic rings. The topological polar surface area (TPSA) is 162 Å². The maximum absolute atomic E-state index is 7.33. The summed E-state index contributed by atoms with van der Waals surface area (Å²) < 4.78 is 0. The van der Waals surface area contributed by atoms with Crippen LogP contribution in [0.2, 0.25) is 0 Å². The summed E-state index contributed by atoms with van der Waals surface area (Å²) in [6.07, 6.45) is 0. The molecular formula is H9KO8Si2. The van der Waals surface area contributed by atoms with Crippen molar-refractivity contribution in [1.82, 2.24) is 0 Å². The molecule has 0 saturated heterocycles. The molecule has 0 aromatic heterocycles. The van der Waals surface area contributed by atoms with Crippen LogP contribution in [0.5, 0.6) is 0 Å². The molecular weight excluding hydrogens is 223 g/mol. The predicted octanol–water partition coefficient (Wildman–Crippen LogP) is -5.87. The van der Waals surface area contributed by atoms with E-state index in [0.29, 0.717) is 0 Å². The third-order valence-corrected chi connectivity index (χ3v) is 0. The SMILES string of the molecule is O[Si](O)(O)O.O[Si](O)(O)O.[KH]. The van der Waals surface area contributed by atoms with Crippen LogP contribution < -0.4 is 0 Å². The summed E-state index contributed by atoms with van der Waals surface area (Å²) in [4.78, 5) is 58.6.